The van der Waals surface area contributed by atoms with E-state index in [0.717, 1.165) is 33.6 Å². The van der Waals surface area contributed by atoms with Crippen molar-refractivity contribution >= 4 is 71.3 Å². The Labute approximate surface area is 290 Å². The number of para-hydroxylation sites is 1. The zero-order chi connectivity index (χ0) is 33.0. The number of hydrogen-bond donors (Lipinski definition) is 0. The SMILES string of the molecule is c1ccc(-c2ccc(N(c3ccc(-c4ccccc4)cc3)c3ccc4c5ccccc5c5c(ccc6oc7ccccc7c65)c4c3)cc2)cc1. The molecule has 9 aromatic carbocycles. The van der Waals surface area contributed by atoms with Crippen molar-refractivity contribution in [2.75, 3.05) is 4.90 Å². The van der Waals surface area contributed by atoms with Crippen molar-refractivity contribution in [3.8, 4) is 22.3 Å². The largest absolute Gasteiger partial charge is 0.456 e. The van der Waals surface area contributed by atoms with E-state index in [2.05, 4.69) is 187 Å². The van der Waals surface area contributed by atoms with Gasteiger partial charge in [0.1, 0.15) is 11.2 Å². The quantitative estimate of drug-likeness (QED) is 0.175. The van der Waals surface area contributed by atoms with Gasteiger partial charge in [0.2, 0.25) is 0 Å². The molecule has 0 N–H and O–H groups in total. The van der Waals surface area contributed by atoms with Crippen LogP contribution in [0.5, 0.6) is 0 Å². The van der Waals surface area contributed by atoms with E-state index in [1.54, 1.807) is 0 Å². The molecule has 0 saturated heterocycles. The van der Waals surface area contributed by atoms with Gasteiger partial charge in [0.05, 0.1) is 0 Å². The van der Waals surface area contributed by atoms with Crippen LogP contribution in [0.15, 0.2) is 192 Å². The fourth-order valence-electron chi connectivity index (χ4n) is 7.70. The molecule has 0 radical (unpaired) electrons. The lowest BCUT2D eigenvalue weighted by molar-refractivity contribution is 0.669. The van der Waals surface area contributed by atoms with Crippen LogP contribution in [-0.2, 0) is 0 Å². The Morgan fingerprint density at radius 1 is 0.280 bits per heavy atom. The molecule has 10 aromatic rings. The zero-order valence-corrected chi connectivity index (χ0v) is 27.3. The number of hydrogen-bond acceptors (Lipinski definition) is 2. The molecule has 10 rings (SSSR count). The zero-order valence-electron chi connectivity index (χ0n) is 27.3. The van der Waals surface area contributed by atoms with Crippen molar-refractivity contribution in [2.24, 2.45) is 0 Å². The van der Waals surface area contributed by atoms with Crippen LogP contribution in [0, 0.1) is 0 Å². The van der Waals surface area contributed by atoms with Crippen LogP contribution in [0.3, 0.4) is 0 Å². The molecule has 0 aliphatic carbocycles. The van der Waals surface area contributed by atoms with Crippen molar-refractivity contribution in [3.05, 3.63) is 188 Å². The Kier molecular flexibility index (Phi) is 6.53. The van der Waals surface area contributed by atoms with Crippen LogP contribution < -0.4 is 4.90 Å². The van der Waals surface area contributed by atoms with Crippen LogP contribution in [0.4, 0.5) is 17.1 Å². The molecule has 0 spiro atoms. The molecule has 50 heavy (non-hydrogen) atoms. The molecule has 0 unspecified atom stereocenters. The summed E-state index contributed by atoms with van der Waals surface area (Å²) < 4.78 is 6.37. The topological polar surface area (TPSA) is 16.4 Å². The van der Waals surface area contributed by atoms with E-state index in [-0.39, 0.29) is 0 Å². The molecule has 2 nitrogen and oxygen atoms in total. The average Bonchev–Trinajstić information content (AvgIpc) is 3.58. The minimum Gasteiger partial charge on any atom is -0.456 e. The first-order valence-electron chi connectivity index (χ1n) is 17.1. The lowest BCUT2D eigenvalue weighted by Gasteiger charge is -2.27. The molecule has 0 atom stereocenters. The van der Waals surface area contributed by atoms with Crippen molar-refractivity contribution in [3.63, 3.8) is 0 Å². The number of rotatable bonds is 5. The first-order valence-corrected chi connectivity index (χ1v) is 17.1. The summed E-state index contributed by atoms with van der Waals surface area (Å²) in [5.74, 6) is 0. The van der Waals surface area contributed by atoms with Crippen LogP contribution in [0.2, 0.25) is 0 Å². The summed E-state index contributed by atoms with van der Waals surface area (Å²) in [4.78, 5) is 2.37. The van der Waals surface area contributed by atoms with E-state index < -0.39 is 0 Å². The molecule has 1 heterocycles. The number of fused-ring (bicyclic) bond motifs is 10. The van der Waals surface area contributed by atoms with Crippen LogP contribution in [-0.4, -0.2) is 0 Å². The van der Waals surface area contributed by atoms with Crippen molar-refractivity contribution in [1.29, 1.82) is 0 Å². The van der Waals surface area contributed by atoms with E-state index in [9.17, 15) is 0 Å². The summed E-state index contributed by atoms with van der Waals surface area (Å²) in [6.07, 6.45) is 0. The highest BCUT2D eigenvalue weighted by Crippen LogP contribution is 2.45. The van der Waals surface area contributed by atoms with Gasteiger partial charge in [0, 0.05) is 33.2 Å². The third kappa shape index (κ3) is 4.57. The molecule has 0 saturated carbocycles. The highest BCUT2D eigenvalue weighted by Gasteiger charge is 2.19. The molecule has 0 bridgehead atoms. The van der Waals surface area contributed by atoms with Gasteiger partial charge in [-0.05, 0) is 104 Å². The Balaban J connectivity index is 1.21. The molecule has 0 aliphatic heterocycles. The fourth-order valence-corrected chi connectivity index (χ4v) is 7.70. The second-order valence-corrected chi connectivity index (χ2v) is 12.9. The lowest BCUT2D eigenvalue weighted by Crippen LogP contribution is -2.10. The van der Waals surface area contributed by atoms with Gasteiger partial charge in [0.15, 0.2) is 0 Å². The van der Waals surface area contributed by atoms with E-state index in [0.29, 0.717) is 0 Å². The number of nitrogens with zero attached hydrogens (tertiary/aromatic N) is 1. The molecule has 0 fully saturated rings. The maximum absolute atomic E-state index is 6.37. The molecule has 0 aliphatic rings. The Bertz CT molecular complexity index is 2750. The third-order valence-electron chi connectivity index (χ3n) is 10.0. The summed E-state index contributed by atoms with van der Waals surface area (Å²) in [6, 6.07) is 67.4. The monoisotopic (exact) mass is 637 g/mol. The molecular weight excluding hydrogens is 607 g/mol. The summed E-state index contributed by atoms with van der Waals surface area (Å²) in [5, 5.41) is 9.71. The molecule has 0 amide bonds. The van der Waals surface area contributed by atoms with E-state index >= 15 is 0 Å². The number of anilines is 3. The maximum Gasteiger partial charge on any atom is 0.136 e. The van der Waals surface area contributed by atoms with Crippen molar-refractivity contribution in [1.82, 2.24) is 0 Å². The fraction of sp³-hybridized carbons (Fsp3) is 0. The number of furan rings is 1. The van der Waals surface area contributed by atoms with Crippen LogP contribution >= 0.6 is 0 Å². The van der Waals surface area contributed by atoms with E-state index in [1.807, 2.05) is 6.07 Å². The summed E-state index contributed by atoms with van der Waals surface area (Å²) in [5.41, 5.74) is 9.94. The van der Waals surface area contributed by atoms with Crippen LogP contribution in [0.1, 0.15) is 0 Å². The van der Waals surface area contributed by atoms with Crippen molar-refractivity contribution < 1.29 is 4.42 Å². The van der Waals surface area contributed by atoms with E-state index in [4.69, 9.17) is 4.42 Å². The first-order chi connectivity index (χ1) is 24.8. The second-order valence-electron chi connectivity index (χ2n) is 12.9. The van der Waals surface area contributed by atoms with Gasteiger partial charge in [-0.2, -0.15) is 0 Å². The molecule has 2 heteroatoms. The minimum absolute atomic E-state index is 0.914. The third-order valence-corrected chi connectivity index (χ3v) is 10.0. The van der Waals surface area contributed by atoms with Crippen LogP contribution in [0.25, 0.3) is 76.5 Å². The predicted molar refractivity (Wildman–Crippen MR) is 212 cm³/mol. The van der Waals surface area contributed by atoms with Gasteiger partial charge >= 0.3 is 0 Å². The van der Waals surface area contributed by atoms with Gasteiger partial charge in [-0.15, -0.1) is 0 Å². The van der Waals surface area contributed by atoms with Crippen molar-refractivity contribution in [2.45, 2.75) is 0 Å². The van der Waals surface area contributed by atoms with Gasteiger partial charge in [0.25, 0.3) is 0 Å². The highest BCUT2D eigenvalue weighted by atomic mass is 16.3. The standard InChI is InChI=1S/C48H31NO/c1-3-11-32(12-4-1)34-19-23-36(24-20-34)49(37-25-21-35(22-26-37)33-13-5-2-6-14-33)38-27-28-40-39-15-7-8-16-41(39)47-42(44(40)31-38)29-30-46-48(47)43-17-9-10-18-45(43)50-46/h1-31H. The Morgan fingerprint density at radius 3 is 1.38 bits per heavy atom. The molecule has 1 aromatic heterocycles. The van der Waals surface area contributed by atoms with Gasteiger partial charge in [-0.3, -0.25) is 0 Å². The minimum atomic E-state index is 0.914. The summed E-state index contributed by atoms with van der Waals surface area (Å²) >= 11 is 0. The Hall–Kier alpha value is -6.64. The summed E-state index contributed by atoms with van der Waals surface area (Å²) in [6.45, 7) is 0. The summed E-state index contributed by atoms with van der Waals surface area (Å²) in [7, 11) is 0. The Morgan fingerprint density at radius 2 is 0.740 bits per heavy atom. The number of benzene rings is 9. The molecular formula is C48H31NO. The molecule has 234 valence electrons. The highest BCUT2D eigenvalue weighted by molar-refractivity contribution is 6.34. The predicted octanol–water partition coefficient (Wildman–Crippen LogP) is 13.8. The average molecular weight is 638 g/mol. The van der Waals surface area contributed by atoms with Gasteiger partial charge in [-0.1, -0.05) is 133 Å². The maximum atomic E-state index is 6.37. The lowest BCUT2D eigenvalue weighted by atomic mass is 9.91. The van der Waals surface area contributed by atoms with E-state index in [1.165, 1.54) is 60.0 Å². The van der Waals surface area contributed by atoms with Gasteiger partial charge in [-0.25, -0.2) is 0 Å². The smallest absolute Gasteiger partial charge is 0.136 e. The normalized spacial score (nSPS) is 11.6. The first kappa shape index (κ1) is 28.4. The second kappa shape index (κ2) is 11.5. The van der Waals surface area contributed by atoms with Gasteiger partial charge < -0.3 is 9.32 Å².